The fourth-order valence-corrected chi connectivity index (χ4v) is 3.38. The molecule has 0 saturated carbocycles. The van der Waals surface area contributed by atoms with E-state index in [0.29, 0.717) is 0 Å². The van der Waals surface area contributed by atoms with E-state index < -0.39 is 0 Å². The molecule has 0 aliphatic carbocycles. The number of hydrogen-bond donors (Lipinski definition) is 0. The van der Waals surface area contributed by atoms with Gasteiger partial charge < -0.3 is 4.42 Å². The van der Waals surface area contributed by atoms with Crippen molar-refractivity contribution in [3.63, 3.8) is 0 Å². The zero-order valence-corrected chi connectivity index (χ0v) is 14.5. The van der Waals surface area contributed by atoms with E-state index in [-0.39, 0.29) is 5.41 Å². The van der Waals surface area contributed by atoms with Crippen LogP contribution in [-0.2, 0) is 5.41 Å². The fourth-order valence-electron chi connectivity index (χ4n) is 3.00. The molecule has 0 spiro atoms. The molecule has 1 aromatic heterocycles. The van der Waals surface area contributed by atoms with Gasteiger partial charge in [0.05, 0.1) is 0 Å². The molecule has 0 saturated heterocycles. The summed E-state index contributed by atoms with van der Waals surface area (Å²) < 4.78 is 7.31. The zero-order valence-electron chi connectivity index (χ0n) is 12.9. The van der Waals surface area contributed by atoms with E-state index in [4.69, 9.17) is 4.42 Å². The van der Waals surface area contributed by atoms with E-state index in [0.717, 1.165) is 21.0 Å². The van der Waals surface area contributed by atoms with Gasteiger partial charge in [-0.1, -0.05) is 54.9 Å². The molecule has 110 valence electrons. The van der Waals surface area contributed by atoms with Crippen LogP contribution < -0.4 is 0 Å². The van der Waals surface area contributed by atoms with Crippen LogP contribution in [0.25, 0.3) is 32.7 Å². The maximum Gasteiger partial charge on any atom is 0.143 e. The molecule has 0 unspecified atom stereocenters. The molecule has 0 amide bonds. The molecule has 4 aromatic rings. The Morgan fingerprint density at radius 3 is 2.32 bits per heavy atom. The lowest BCUT2D eigenvalue weighted by atomic mass is 9.86. The molecule has 1 nitrogen and oxygen atoms in total. The molecule has 0 aliphatic heterocycles. The van der Waals surface area contributed by atoms with Crippen LogP contribution in [0.2, 0.25) is 0 Å². The Bertz CT molecular complexity index is 1020. The lowest BCUT2D eigenvalue weighted by Gasteiger charge is -2.18. The molecule has 0 aliphatic rings. The first-order valence-corrected chi connectivity index (χ1v) is 8.28. The van der Waals surface area contributed by atoms with Crippen LogP contribution >= 0.6 is 15.9 Å². The quantitative estimate of drug-likeness (QED) is 0.339. The second kappa shape index (κ2) is 4.60. The van der Waals surface area contributed by atoms with Gasteiger partial charge in [-0.05, 0) is 46.7 Å². The molecule has 2 heteroatoms. The van der Waals surface area contributed by atoms with Gasteiger partial charge in [-0.25, -0.2) is 0 Å². The van der Waals surface area contributed by atoms with Crippen molar-refractivity contribution in [2.75, 3.05) is 0 Å². The summed E-state index contributed by atoms with van der Waals surface area (Å²) in [5, 5.41) is 4.73. The normalized spacial score (nSPS) is 12.5. The Balaban J connectivity index is 2.10. The molecular weight excluding hydrogens is 336 g/mol. The minimum absolute atomic E-state index is 0.125. The fraction of sp³-hybridized carbons (Fsp3) is 0.200. The minimum Gasteiger partial charge on any atom is -0.455 e. The maximum atomic E-state index is 6.23. The number of halogens is 1. The summed E-state index contributed by atoms with van der Waals surface area (Å²) in [5.41, 5.74) is 3.37. The summed E-state index contributed by atoms with van der Waals surface area (Å²) in [4.78, 5) is 0. The van der Waals surface area contributed by atoms with Crippen molar-refractivity contribution in [3.05, 3.63) is 58.6 Å². The topological polar surface area (TPSA) is 13.1 Å². The van der Waals surface area contributed by atoms with Gasteiger partial charge in [0.25, 0.3) is 0 Å². The predicted octanol–water partition coefficient (Wildman–Crippen LogP) is 6.80. The average Bonchev–Trinajstić information content (AvgIpc) is 2.83. The minimum atomic E-state index is 0.125. The largest absolute Gasteiger partial charge is 0.455 e. The van der Waals surface area contributed by atoms with Crippen LogP contribution in [0.4, 0.5) is 0 Å². The van der Waals surface area contributed by atoms with Gasteiger partial charge in [0, 0.05) is 20.6 Å². The van der Waals surface area contributed by atoms with E-state index in [2.05, 4.69) is 85.2 Å². The van der Waals surface area contributed by atoms with E-state index in [1.165, 1.54) is 21.7 Å². The van der Waals surface area contributed by atoms with Gasteiger partial charge in [0.15, 0.2) is 0 Å². The summed E-state index contributed by atoms with van der Waals surface area (Å²) in [7, 11) is 0. The molecule has 0 radical (unpaired) electrons. The number of furan rings is 1. The van der Waals surface area contributed by atoms with E-state index in [1.54, 1.807) is 0 Å². The highest BCUT2D eigenvalue weighted by Crippen LogP contribution is 2.36. The molecule has 22 heavy (non-hydrogen) atoms. The predicted molar refractivity (Wildman–Crippen MR) is 97.6 cm³/mol. The van der Waals surface area contributed by atoms with Crippen LogP contribution in [-0.4, -0.2) is 0 Å². The van der Waals surface area contributed by atoms with Crippen LogP contribution in [0, 0.1) is 0 Å². The Hall–Kier alpha value is -1.80. The monoisotopic (exact) mass is 352 g/mol. The first kappa shape index (κ1) is 13.8. The third-order valence-corrected chi connectivity index (χ3v) is 4.78. The van der Waals surface area contributed by atoms with Gasteiger partial charge in [-0.3, -0.25) is 0 Å². The second-order valence-electron chi connectivity index (χ2n) is 6.87. The van der Waals surface area contributed by atoms with Gasteiger partial charge in [0.1, 0.15) is 11.2 Å². The Morgan fingerprint density at radius 2 is 1.55 bits per heavy atom. The molecule has 0 atom stereocenters. The van der Waals surface area contributed by atoms with E-state index >= 15 is 0 Å². The number of benzene rings is 3. The van der Waals surface area contributed by atoms with Gasteiger partial charge >= 0.3 is 0 Å². The molecule has 0 fully saturated rings. The Kier molecular flexibility index (Phi) is 2.89. The van der Waals surface area contributed by atoms with E-state index in [1.807, 2.05) is 0 Å². The summed E-state index contributed by atoms with van der Waals surface area (Å²) in [5.74, 6) is 0. The highest BCUT2D eigenvalue weighted by atomic mass is 79.9. The third-order valence-electron chi connectivity index (χ3n) is 4.28. The molecule has 1 heterocycles. The number of hydrogen-bond acceptors (Lipinski definition) is 1. The first-order chi connectivity index (χ1) is 10.4. The van der Waals surface area contributed by atoms with E-state index in [9.17, 15) is 0 Å². The van der Waals surface area contributed by atoms with Crippen LogP contribution in [0.15, 0.2) is 57.4 Å². The summed E-state index contributed by atoms with van der Waals surface area (Å²) >= 11 is 3.53. The van der Waals surface area contributed by atoms with Crippen LogP contribution in [0.1, 0.15) is 26.3 Å². The van der Waals surface area contributed by atoms with Crippen molar-refractivity contribution in [2.45, 2.75) is 26.2 Å². The summed E-state index contributed by atoms with van der Waals surface area (Å²) in [6.07, 6.45) is 0. The molecule has 0 bridgehead atoms. The van der Waals surface area contributed by atoms with Crippen molar-refractivity contribution in [2.24, 2.45) is 0 Å². The lowest BCUT2D eigenvalue weighted by molar-refractivity contribution is 0.588. The Labute approximate surface area is 138 Å². The van der Waals surface area contributed by atoms with Crippen molar-refractivity contribution in [3.8, 4) is 0 Å². The third kappa shape index (κ3) is 2.05. The molecule has 0 N–H and O–H groups in total. The second-order valence-corrected chi connectivity index (χ2v) is 7.79. The highest BCUT2D eigenvalue weighted by Gasteiger charge is 2.16. The summed E-state index contributed by atoms with van der Waals surface area (Å²) in [6, 6.07) is 17.2. The molecule has 4 rings (SSSR count). The average molecular weight is 353 g/mol. The van der Waals surface area contributed by atoms with Crippen LogP contribution in [0.3, 0.4) is 0 Å². The number of rotatable bonds is 0. The van der Waals surface area contributed by atoms with Crippen molar-refractivity contribution in [1.29, 1.82) is 0 Å². The van der Waals surface area contributed by atoms with Crippen LogP contribution in [0.5, 0.6) is 0 Å². The molecular formula is C20H17BrO. The highest BCUT2D eigenvalue weighted by molar-refractivity contribution is 9.10. The van der Waals surface area contributed by atoms with Gasteiger partial charge in [0.2, 0.25) is 0 Å². The van der Waals surface area contributed by atoms with Gasteiger partial charge in [-0.2, -0.15) is 0 Å². The summed E-state index contributed by atoms with van der Waals surface area (Å²) in [6.45, 7) is 6.68. The Morgan fingerprint density at radius 1 is 0.818 bits per heavy atom. The maximum absolute atomic E-state index is 6.23. The SMILES string of the molecule is CC(C)(C)c1ccc2c(c1)oc1c3ccc(Br)cc3ccc21. The molecule has 3 aromatic carbocycles. The first-order valence-electron chi connectivity index (χ1n) is 7.48. The zero-order chi connectivity index (χ0) is 15.5. The smallest absolute Gasteiger partial charge is 0.143 e. The van der Waals surface area contributed by atoms with Crippen molar-refractivity contribution < 1.29 is 4.42 Å². The standard InChI is InChI=1S/C20H17BrO/c1-20(2,3)13-5-8-16-17-7-4-12-10-14(21)6-9-15(12)19(17)22-18(16)11-13/h4-11H,1-3H3. The lowest BCUT2D eigenvalue weighted by Crippen LogP contribution is -2.10. The van der Waals surface area contributed by atoms with Crippen molar-refractivity contribution >= 4 is 48.6 Å². The van der Waals surface area contributed by atoms with Gasteiger partial charge in [-0.15, -0.1) is 0 Å². The number of fused-ring (bicyclic) bond motifs is 5. The van der Waals surface area contributed by atoms with Crippen molar-refractivity contribution in [1.82, 2.24) is 0 Å².